The van der Waals surface area contributed by atoms with Gasteiger partial charge in [-0.25, -0.2) is 4.39 Å². The molecule has 1 aliphatic heterocycles. The highest BCUT2D eigenvalue weighted by atomic mass is 19.1. The van der Waals surface area contributed by atoms with E-state index in [1.165, 1.54) is 0 Å². The van der Waals surface area contributed by atoms with Gasteiger partial charge in [-0.2, -0.15) is 0 Å². The van der Waals surface area contributed by atoms with Crippen LogP contribution in [0.5, 0.6) is 5.75 Å². The quantitative estimate of drug-likeness (QED) is 0.874. The van der Waals surface area contributed by atoms with Gasteiger partial charge in [0.15, 0.2) is 0 Å². The third kappa shape index (κ3) is 2.94. The van der Waals surface area contributed by atoms with Gasteiger partial charge in [0.2, 0.25) is 0 Å². The average molecular weight is 238 g/mol. The Morgan fingerprint density at radius 1 is 1.53 bits per heavy atom. The number of halogens is 1. The summed E-state index contributed by atoms with van der Waals surface area (Å²) in [6, 6.07) is 1.77. The molecule has 4 heteroatoms. The number of nitrogens with zero attached hydrogens (tertiary/aromatic N) is 1. The Hall–Kier alpha value is -1.16. The van der Waals surface area contributed by atoms with Gasteiger partial charge in [0, 0.05) is 18.3 Å². The Bertz CT molecular complexity index is 364. The lowest BCUT2D eigenvalue weighted by molar-refractivity contribution is 0.121. The first kappa shape index (κ1) is 12.3. The van der Waals surface area contributed by atoms with Crippen molar-refractivity contribution in [2.75, 3.05) is 19.7 Å². The van der Waals surface area contributed by atoms with Gasteiger partial charge in [0.05, 0.1) is 12.8 Å². The van der Waals surface area contributed by atoms with Crippen LogP contribution in [0.2, 0.25) is 0 Å². The van der Waals surface area contributed by atoms with Crippen molar-refractivity contribution in [3.63, 3.8) is 0 Å². The molecule has 1 aromatic heterocycles. The molecule has 0 bridgehead atoms. The zero-order valence-electron chi connectivity index (χ0n) is 10.2. The van der Waals surface area contributed by atoms with E-state index in [0.717, 1.165) is 19.4 Å². The first-order valence-electron chi connectivity index (χ1n) is 6.22. The van der Waals surface area contributed by atoms with Crippen molar-refractivity contribution in [1.82, 2.24) is 10.3 Å². The van der Waals surface area contributed by atoms with E-state index in [0.29, 0.717) is 30.9 Å². The maximum atomic E-state index is 14.6. The van der Waals surface area contributed by atoms with Crippen molar-refractivity contribution >= 4 is 0 Å². The van der Waals surface area contributed by atoms with Gasteiger partial charge in [0.1, 0.15) is 11.4 Å². The highest BCUT2D eigenvalue weighted by Crippen LogP contribution is 2.33. The summed E-state index contributed by atoms with van der Waals surface area (Å²) in [6.07, 6.45) is 5.59. The molecule has 0 amide bonds. The smallest absolute Gasteiger partial charge is 0.150 e. The summed E-state index contributed by atoms with van der Waals surface area (Å²) in [5.74, 6) is 0.659. The number of ether oxygens (including phenoxy) is 1. The largest absolute Gasteiger partial charge is 0.492 e. The van der Waals surface area contributed by atoms with Crippen LogP contribution >= 0.6 is 0 Å². The summed E-state index contributed by atoms with van der Waals surface area (Å²) >= 11 is 0. The molecule has 1 aliphatic rings. The summed E-state index contributed by atoms with van der Waals surface area (Å²) in [6.45, 7) is 3.94. The number of nitrogens with one attached hydrogen (secondary N) is 1. The van der Waals surface area contributed by atoms with Gasteiger partial charge in [0.25, 0.3) is 0 Å². The molecule has 3 nitrogen and oxygen atoms in total. The second kappa shape index (κ2) is 5.45. The van der Waals surface area contributed by atoms with Crippen LogP contribution in [0.4, 0.5) is 4.39 Å². The molecule has 0 spiro atoms. The Kier molecular flexibility index (Phi) is 3.94. The molecule has 0 aromatic carbocycles. The fourth-order valence-electron chi connectivity index (χ4n) is 2.08. The molecule has 1 N–H and O–H groups in total. The SMILES string of the molecule is CCCOc1cncc(C2(F)CCCNC2)c1. The van der Waals surface area contributed by atoms with Crippen LogP contribution in [-0.4, -0.2) is 24.7 Å². The van der Waals surface area contributed by atoms with Gasteiger partial charge in [-0.1, -0.05) is 6.92 Å². The van der Waals surface area contributed by atoms with Gasteiger partial charge >= 0.3 is 0 Å². The molecule has 1 aromatic rings. The lowest BCUT2D eigenvalue weighted by Crippen LogP contribution is -2.40. The van der Waals surface area contributed by atoms with E-state index >= 15 is 0 Å². The van der Waals surface area contributed by atoms with Crippen LogP contribution in [0.25, 0.3) is 0 Å². The zero-order valence-corrected chi connectivity index (χ0v) is 10.2. The van der Waals surface area contributed by atoms with Gasteiger partial charge in [-0.3, -0.25) is 4.98 Å². The molecule has 0 saturated carbocycles. The number of piperidine rings is 1. The molecule has 0 radical (unpaired) electrons. The minimum absolute atomic E-state index is 0.367. The predicted molar refractivity (Wildman–Crippen MR) is 64.9 cm³/mol. The Labute approximate surface area is 101 Å². The van der Waals surface area contributed by atoms with Crippen molar-refractivity contribution in [3.8, 4) is 5.75 Å². The molecule has 1 saturated heterocycles. The van der Waals surface area contributed by atoms with E-state index in [4.69, 9.17) is 4.74 Å². The topological polar surface area (TPSA) is 34.1 Å². The Morgan fingerprint density at radius 3 is 3.12 bits per heavy atom. The highest BCUT2D eigenvalue weighted by Gasteiger charge is 2.34. The fraction of sp³-hybridized carbons (Fsp3) is 0.615. The summed E-state index contributed by atoms with van der Waals surface area (Å²) in [7, 11) is 0. The van der Waals surface area contributed by atoms with Crippen molar-refractivity contribution in [2.45, 2.75) is 31.9 Å². The highest BCUT2D eigenvalue weighted by molar-refractivity contribution is 5.29. The Balaban J connectivity index is 2.14. The minimum atomic E-state index is -1.29. The van der Waals surface area contributed by atoms with E-state index in [-0.39, 0.29) is 0 Å². The van der Waals surface area contributed by atoms with E-state index in [1.54, 1.807) is 18.5 Å². The number of alkyl halides is 1. The van der Waals surface area contributed by atoms with Crippen molar-refractivity contribution in [2.24, 2.45) is 0 Å². The number of rotatable bonds is 4. The summed E-state index contributed by atoms with van der Waals surface area (Å²) in [5.41, 5.74) is -0.671. The minimum Gasteiger partial charge on any atom is -0.492 e. The molecule has 1 atom stereocenters. The van der Waals surface area contributed by atoms with Crippen LogP contribution in [-0.2, 0) is 5.67 Å². The van der Waals surface area contributed by atoms with E-state index in [1.807, 2.05) is 6.92 Å². The van der Waals surface area contributed by atoms with E-state index < -0.39 is 5.67 Å². The van der Waals surface area contributed by atoms with Crippen molar-refractivity contribution < 1.29 is 9.13 Å². The third-order valence-electron chi connectivity index (χ3n) is 3.04. The number of pyridine rings is 1. The van der Waals surface area contributed by atoms with Crippen LogP contribution in [0.15, 0.2) is 18.5 Å². The lowest BCUT2D eigenvalue weighted by Gasteiger charge is -2.30. The third-order valence-corrected chi connectivity index (χ3v) is 3.04. The molecule has 1 fully saturated rings. The average Bonchev–Trinajstić information content (AvgIpc) is 2.38. The summed E-state index contributed by atoms with van der Waals surface area (Å²) in [4.78, 5) is 4.07. The zero-order chi connectivity index (χ0) is 12.1. The van der Waals surface area contributed by atoms with E-state index in [9.17, 15) is 4.39 Å². The van der Waals surface area contributed by atoms with E-state index in [2.05, 4.69) is 10.3 Å². The van der Waals surface area contributed by atoms with Crippen LogP contribution < -0.4 is 10.1 Å². The molecule has 1 unspecified atom stereocenters. The second-order valence-electron chi connectivity index (χ2n) is 4.50. The number of aromatic nitrogens is 1. The van der Waals surface area contributed by atoms with Gasteiger partial charge in [-0.05, 0) is 31.9 Å². The first-order valence-corrected chi connectivity index (χ1v) is 6.22. The fourth-order valence-corrected chi connectivity index (χ4v) is 2.08. The molecular formula is C13H19FN2O. The van der Waals surface area contributed by atoms with Crippen LogP contribution in [0.1, 0.15) is 31.7 Å². The molecule has 0 aliphatic carbocycles. The van der Waals surface area contributed by atoms with Gasteiger partial charge in [-0.15, -0.1) is 0 Å². The first-order chi connectivity index (χ1) is 8.24. The molecule has 2 rings (SSSR count). The normalized spacial score (nSPS) is 24.6. The monoisotopic (exact) mass is 238 g/mol. The maximum Gasteiger partial charge on any atom is 0.150 e. The van der Waals surface area contributed by atoms with Crippen molar-refractivity contribution in [3.05, 3.63) is 24.0 Å². The predicted octanol–water partition coefficient (Wildman–Crippen LogP) is 2.42. The summed E-state index contributed by atoms with van der Waals surface area (Å²) < 4.78 is 20.1. The second-order valence-corrected chi connectivity index (χ2v) is 4.50. The van der Waals surface area contributed by atoms with Crippen LogP contribution in [0, 0.1) is 0 Å². The molecule has 94 valence electrons. The maximum absolute atomic E-state index is 14.6. The standard InChI is InChI=1S/C13H19FN2O/c1-2-6-17-12-7-11(8-16-9-12)13(14)4-3-5-15-10-13/h7-9,15H,2-6,10H2,1H3. The molecule has 2 heterocycles. The lowest BCUT2D eigenvalue weighted by atomic mass is 9.89. The molecule has 17 heavy (non-hydrogen) atoms. The van der Waals surface area contributed by atoms with Crippen LogP contribution in [0.3, 0.4) is 0 Å². The summed E-state index contributed by atoms with van der Waals surface area (Å²) in [5, 5.41) is 3.09. The number of hydrogen-bond acceptors (Lipinski definition) is 3. The van der Waals surface area contributed by atoms with Crippen molar-refractivity contribution in [1.29, 1.82) is 0 Å². The number of hydrogen-bond donors (Lipinski definition) is 1. The molecular weight excluding hydrogens is 219 g/mol. The Morgan fingerprint density at radius 2 is 2.41 bits per heavy atom. The van der Waals surface area contributed by atoms with Gasteiger partial charge < -0.3 is 10.1 Å².